The number of ether oxygens (including phenoxy) is 1. The maximum atomic E-state index is 14.5. The van der Waals surface area contributed by atoms with Crippen LogP contribution in [0.15, 0.2) is 54.6 Å². The van der Waals surface area contributed by atoms with Crippen molar-refractivity contribution in [2.75, 3.05) is 5.32 Å². The lowest BCUT2D eigenvalue weighted by Gasteiger charge is -2.40. The van der Waals surface area contributed by atoms with E-state index in [-0.39, 0.29) is 23.8 Å². The van der Waals surface area contributed by atoms with Crippen molar-refractivity contribution in [3.05, 3.63) is 65.7 Å². The lowest BCUT2D eigenvalue weighted by atomic mass is 9.93. The van der Waals surface area contributed by atoms with Crippen molar-refractivity contribution in [3.63, 3.8) is 0 Å². The van der Waals surface area contributed by atoms with Gasteiger partial charge in [0.1, 0.15) is 17.7 Å². The van der Waals surface area contributed by atoms with Gasteiger partial charge in [-0.1, -0.05) is 82.6 Å². The van der Waals surface area contributed by atoms with Crippen molar-refractivity contribution in [3.8, 4) is 0 Å². The quantitative estimate of drug-likeness (QED) is 0.290. The van der Waals surface area contributed by atoms with Crippen LogP contribution in [0.25, 0.3) is 0 Å². The minimum absolute atomic E-state index is 0.185. The van der Waals surface area contributed by atoms with Gasteiger partial charge in [-0.3, -0.25) is 9.59 Å². The molecule has 0 aliphatic heterocycles. The van der Waals surface area contributed by atoms with Crippen molar-refractivity contribution in [2.24, 2.45) is 11.8 Å². The lowest BCUT2D eigenvalue weighted by molar-refractivity contribution is -0.144. The number of para-hydroxylation sites is 1. The summed E-state index contributed by atoms with van der Waals surface area (Å²) in [6.07, 6.45) is 1.61. The number of aryl methyl sites for hydroxylation is 1. The standard InChI is InChI=1S/C33H49N3O4/c1-10-23(4)28(35-32(39)40-33(7,8)9)31(38)36(25(6)21-20-22(2)3)29(26-17-12-11-13-18-26)30(37)34-27-19-15-14-16-24(27)5/h11-19,22-23,25,28-29H,10,20-21H2,1-9H3,(H,34,37)(H,35,39). The molecule has 0 radical (unpaired) electrons. The monoisotopic (exact) mass is 551 g/mol. The van der Waals surface area contributed by atoms with Crippen molar-refractivity contribution < 1.29 is 19.1 Å². The molecule has 220 valence electrons. The Morgan fingerprint density at radius 1 is 0.900 bits per heavy atom. The van der Waals surface area contributed by atoms with Gasteiger partial charge in [0.2, 0.25) is 5.91 Å². The van der Waals surface area contributed by atoms with Crippen LogP contribution in [-0.4, -0.2) is 40.5 Å². The molecule has 2 aromatic carbocycles. The predicted octanol–water partition coefficient (Wildman–Crippen LogP) is 7.27. The molecular formula is C33H49N3O4. The molecule has 0 aliphatic rings. The van der Waals surface area contributed by atoms with E-state index in [2.05, 4.69) is 24.5 Å². The summed E-state index contributed by atoms with van der Waals surface area (Å²) in [4.78, 5) is 43.2. The number of rotatable bonds is 12. The van der Waals surface area contributed by atoms with Crippen LogP contribution in [0.1, 0.15) is 91.8 Å². The molecular weight excluding hydrogens is 502 g/mol. The Labute approximate surface area is 241 Å². The van der Waals surface area contributed by atoms with Gasteiger partial charge in [0.05, 0.1) is 0 Å². The highest BCUT2D eigenvalue weighted by atomic mass is 16.6. The Bertz CT molecular complexity index is 1110. The van der Waals surface area contributed by atoms with Crippen molar-refractivity contribution >= 4 is 23.6 Å². The number of anilines is 1. The smallest absolute Gasteiger partial charge is 0.408 e. The van der Waals surface area contributed by atoms with E-state index < -0.39 is 23.8 Å². The third-order valence-electron chi connectivity index (χ3n) is 7.09. The average molecular weight is 552 g/mol. The minimum Gasteiger partial charge on any atom is -0.444 e. The zero-order chi connectivity index (χ0) is 30.0. The molecule has 3 amide bonds. The van der Waals surface area contributed by atoms with Crippen LogP contribution < -0.4 is 10.6 Å². The van der Waals surface area contributed by atoms with Crippen LogP contribution in [0, 0.1) is 18.8 Å². The van der Waals surface area contributed by atoms with E-state index in [1.54, 1.807) is 25.7 Å². The number of nitrogens with one attached hydrogen (secondary N) is 2. The summed E-state index contributed by atoms with van der Waals surface area (Å²) in [6.45, 7) is 17.5. The molecule has 4 unspecified atom stereocenters. The molecule has 0 bridgehead atoms. The third-order valence-corrected chi connectivity index (χ3v) is 7.09. The summed E-state index contributed by atoms with van der Waals surface area (Å²) in [5.41, 5.74) is 1.62. The lowest BCUT2D eigenvalue weighted by Crippen LogP contribution is -2.57. The molecule has 0 aliphatic carbocycles. The van der Waals surface area contributed by atoms with Gasteiger partial charge in [-0.05, 0) is 76.5 Å². The van der Waals surface area contributed by atoms with Gasteiger partial charge in [-0.15, -0.1) is 0 Å². The average Bonchev–Trinajstić information content (AvgIpc) is 2.88. The zero-order valence-corrected chi connectivity index (χ0v) is 25.8. The third kappa shape index (κ3) is 9.68. The zero-order valence-electron chi connectivity index (χ0n) is 25.8. The molecule has 40 heavy (non-hydrogen) atoms. The molecule has 0 aromatic heterocycles. The maximum absolute atomic E-state index is 14.5. The Kier molecular flexibility index (Phi) is 12.2. The number of hydrogen-bond acceptors (Lipinski definition) is 4. The Balaban J connectivity index is 2.61. The summed E-state index contributed by atoms with van der Waals surface area (Å²) in [6, 6.07) is 14.9. The number of alkyl carbamates (subject to hydrolysis) is 1. The molecule has 0 fully saturated rings. The van der Waals surface area contributed by atoms with Crippen LogP contribution in [0.4, 0.5) is 10.5 Å². The summed E-state index contributed by atoms with van der Waals surface area (Å²) in [5, 5.41) is 5.92. The summed E-state index contributed by atoms with van der Waals surface area (Å²) >= 11 is 0. The topological polar surface area (TPSA) is 87.7 Å². The molecule has 2 N–H and O–H groups in total. The van der Waals surface area contributed by atoms with E-state index in [1.165, 1.54) is 0 Å². The van der Waals surface area contributed by atoms with Gasteiger partial charge in [0.15, 0.2) is 0 Å². The van der Waals surface area contributed by atoms with E-state index in [1.807, 2.05) is 82.3 Å². The first-order valence-electron chi connectivity index (χ1n) is 14.5. The number of hydrogen-bond donors (Lipinski definition) is 2. The Morgan fingerprint density at radius 2 is 1.50 bits per heavy atom. The molecule has 2 aromatic rings. The first-order chi connectivity index (χ1) is 18.7. The van der Waals surface area contributed by atoms with E-state index in [4.69, 9.17) is 4.74 Å². The molecule has 2 rings (SSSR count). The molecule has 0 spiro atoms. The Hall–Kier alpha value is -3.35. The largest absolute Gasteiger partial charge is 0.444 e. The van der Waals surface area contributed by atoms with Gasteiger partial charge >= 0.3 is 6.09 Å². The van der Waals surface area contributed by atoms with Gasteiger partial charge in [0.25, 0.3) is 5.91 Å². The van der Waals surface area contributed by atoms with E-state index in [0.717, 1.165) is 12.0 Å². The van der Waals surface area contributed by atoms with Gasteiger partial charge in [0, 0.05) is 11.7 Å². The van der Waals surface area contributed by atoms with E-state index in [9.17, 15) is 14.4 Å². The highest BCUT2D eigenvalue weighted by molar-refractivity contribution is 5.99. The van der Waals surface area contributed by atoms with Crippen molar-refractivity contribution in [1.29, 1.82) is 0 Å². The van der Waals surface area contributed by atoms with Crippen LogP contribution in [0.2, 0.25) is 0 Å². The van der Waals surface area contributed by atoms with Crippen LogP contribution in [0.5, 0.6) is 0 Å². The van der Waals surface area contributed by atoms with Crippen LogP contribution >= 0.6 is 0 Å². The van der Waals surface area contributed by atoms with Gasteiger partial charge in [-0.25, -0.2) is 4.79 Å². The number of carbonyl (C=O) groups excluding carboxylic acids is 3. The molecule has 4 atom stereocenters. The molecule has 0 saturated carbocycles. The molecule has 0 saturated heterocycles. The number of nitrogens with zero attached hydrogens (tertiary/aromatic N) is 1. The van der Waals surface area contributed by atoms with Crippen molar-refractivity contribution in [2.45, 2.75) is 105 Å². The van der Waals surface area contributed by atoms with E-state index in [0.29, 0.717) is 30.0 Å². The minimum atomic E-state index is -0.900. The summed E-state index contributed by atoms with van der Waals surface area (Å²) in [5.74, 6) is -0.355. The van der Waals surface area contributed by atoms with E-state index >= 15 is 0 Å². The fraction of sp³-hybridized carbons (Fsp3) is 0.545. The Morgan fingerprint density at radius 3 is 2.05 bits per heavy atom. The second-order valence-electron chi connectivity index (χ2n) is 12.2. The predicted molar refractivity (Wildman–Crippen MR) is 162 cm³/mol. The van der Waals surface area contributed by atoms with Gasteiger partial charge < -0.3 is 20.3 Å². The number of carbonyl (C=O) groups is 3. The second kappa shape index (κ2) is 14.9. The number of benzene rings is 2. The second-order valence-corrected chi connectivity index (χ2v) is 12.2. The normalized spacial score (nSPS) is 14.6. The number of amides is 3. The van der Waals surface area contributed by atoms with Crippen molar-refractivity contribution in [1.82, 2.24) is 10.2 Å². The summed E-state index contributed by atoms with van der Waals surface area (Å²) < 4.78 is 5.52. The molecule has 7 heteroatoms. The van der Waals surface area contributed by atoms with Crippen LogP contribution in [0.3, 0.4) is 0 Å². The fourth-order valence-electron chi connectivity index (χ4n) is 4.58. The maximum Gasteiger partial charge on any atom is 0.408 e. The SMILES string of the molecule is CCC(C)C(NC(=O)OC(C)(C)C)C(=O)N(C(C)CCC(C)C)C(C(=O)Nc1ccccc1C)c1ccccc1. The first-order valence-corrected chi connectivity index (χ1v) is 14.5. The van der Waals surface area contributed by atoms with Gasteiger partial charge in [-0.2, -0.15) is 0 Å². The molecule has 0 heterocycles. The highest BCUT2D eigenvalue weighted by Gasteiger charge is 2.40. The summed E-state index contributed by atoms with van der Waals surface area (Å²) in [7, 11) is 0. The highest BCUT2D eigenvalue weighted by Crippen LogP contribution is 2.30. The first kappa shape index (κ1) is 32.9. The van der Waals surface area contributed by atoms with Crippen LogP contribution in [-0.2, 0) is 14.3 Å². The fourth-order valence-corrected chi connectivity index (χ4v) is 4.58. The molecule has 7 nitrogen and oxygen atoms in total.